The molecule has 0 heterocycles. The van der Waals surface area contributed by atoms with Crippen molar-refractivity contribution in [3.8, 4) is 0 Å². The summed E-state index contributed by atoms with van der Waals surface area (Å²) in [5.41, 5.74) is 2.17. The van der Waals surface area contributed by atoms with Gasteiger partial charge in [-0.15, -0.1) is 0 Å². The highest BCUT2D eigenvalue weighted by molar-refractivity contribution is 5.97. The van der Waals surface area contributed by atoms with Gasteiger partial charge in [-0.1, -0.05) is 48.0 Å². The monoisotopic (exact) mass is 228 g/mol. The third-order valence-corrected chi connectivity index (χ3v) is 2.68. The number of ketones is 1. The van der Waals surface area contributed by atoms with E-state index in [0.717, 1.165) is 5.56 Å². The van der Waals surface area contributed by atoms with Crippen molar-refractivity contribution >= 4 is 5.78 Å². The fraction of sp³-hybridized carbons (Fsp3) is 0.133. The van der Waals surface area contributed by atoms with Crippen LogP contribution in [0.5, 0.6) is 0 Å². The van der Waals surface area contributed by atoms with Crippen LogP contribution in [0, 0.1) is 12.7 Å². The number of hydrogen-bond donors (Lipinski definition) is 0. The number of carbonyl (C=O) groups is 1. The summed E-state index contributed by atoms with van der Waals surface area (Å²) >= 11 is 0. The number of benzene rings is 2. The highest BCUT2D eigenvalue weighted by Crippen LogP contribution is 2.11. The first-order valence-corrected chi connectivity index (χ1v) is 5.50. The van der Waals surface area contributed by atoms with Gasteiger partial charge in [-0.05, 0) is 18.6 Å². The molecule has 0 fully saturated rings. The van der Waals surface area contributed by atoms with Gasteiger partial charge in [-0.3, -0.25) is 4.79 Å². The number of carbonyl (C=O) groups excluding carboxylic acids is 1. The Morgan fingerprint density at radius 1 is 1.06 bits per heavy atom. The number of halogens is 1. The zero-order valence-electron chi connectivity index (χ0n) is 9.61. The van der Waals surface area contributed by atoms with E-state index < -0.39 is 0 Å². The van der Waals surface area contributed by atoms with E-state index in [1.54, 1.807) is 30.3 Å². The van der Waals surface area contributed by atoms with Crippen molar-refractivity contribution in [3.63, 3.8) is 0 Å². The molecule has 2 rings (SSSR count). The second-order valence-electron chi connectivity index (χ2n) is 4.06. The van der Waals surface area contributed by atoms with Crippen LogP contribution in [0.4, 0.5) is 4.39 Å². The van der Waals surface area contributed by atoms with E-state index in [4.69, 9.17) is 0 Å². The van der Waals surface area contributed by atoms with Crippen molar-refractivity contribution in [2.24, 2.45) is 0 Å². The average molecular weight is 228 g/mol. The Hall–Kier alpha value is -1.96. The Balaban J connectivity index is 2.17. The number of hydrogen-bond acceptors (Lipinski definition) is 1. The van der Waals surface area contributed by atoms with Crippen molar-refractivity contribution < 1.29 is 9.18 Å². The van der Waals surface area contributed by atoms with Crippen LogP contribution in [0.3, 0.4) is 0 Å². The van der Waals surface area contributed by atoms with Crippen LogP contribution in [0.1, 0.15) is 21.5 Å². The Morgan fingerprint density at radius 3 is 2.35 bits per heavy atom. The lowest BCUT2D eigenvalue weighted by Gasteiger charge is -2.03. The minimum absolute atomic E-state index is 0.0601. The van der Waals surface area contributed by atoms with Gasteiger partial charge in [0.2, 0.25) is 0 Å². The fourth-order valence-corrected chi connectivity index (χ4v) is 1.66. The molecule has 0 aromatic heterocycles. The van der Waals surface area contributed by atoms with Crippen molar-refractivity contribution in [1.29, 1.82) is 0 Å². The van der Waals surface area contributed by atoms with E-state index in [-0.39, 0.29) is 18.0 Å². The van der Waals surface area contributed by atoms with Crippen LogP contribution >= 0.6 is 0 Å². The maximum Gasteiger partial charge on any atom is 0.167 e. The minimum Gasteiger partial charge on any atom is -0.294 e. The predicted molar refractivity (Wildman–Crippen MR) is 65.6 cm³/mol. The maximum atomic E-state index is 13.4. The lowest BCUT2D eigenvalue weighted by Crippen LogP contribution is -2.05. The summed E-state index contributed by atoms with van der Waals surface area (Å²) in [4.78, 5) is 11.9. The van der Waals surface area contributed by atoms with Crippen LogP contribution in [0.15, 0.2) is 48.5 Å². The molecular formula is C15H13FO. The highest BCUT2D eigenvalue weighted by Gasteiger charge is 2.09. The Bertz CT molecular complexity index is 529. The average Bonchev–Trinajstić information content (AvgIpc) is 2.33. The minimum atomic E-state index is -0.326. The second kappa shape index (κ2) is 4.91. The Kier molecular flexibility index (Phi) is 3.33. The standard InChI is InChI=1S/C15H13FO/c1-11-6-8-12(9-7-11)15(17)10-13-4-2-3-5-14(13)16/h2-9H,10H2,1H3. The largest absolute Gasteiger partial charge is 0.294 e. The number of Topliss-reactive ketones (excluding diaryl/α,β-unsaturated/α-hetero) is 1. The first kappa shape index (κ1) is 11.5. The normalized spacial score (nSPS) is 10.2. The molecule has 0 saturated heterocycles. The molecule has 0 aliphatic rings. The molecule has 0 N–H and O–H groups in total. The van der Waals surface area contributed by atoms with E-state index in [0.29, 0.717) is 11.1 Å². The molecular weight excluding hydrogens is 215 g/mol. The van der Waals surface area contributed by atoms with Gasteiger partial charge in [0.1, 0.15) is 5.82 Å². The zero-order chi connectivity index (χ0) is 12.3. The van der Waals surface area contributed by atoms with Gasteiger partial charge in [0.15, 0.2) is 5.78 Å². The number of rotatable bonds is 3. The maximum absolute atomic E-state index is 13.4. The van der Waals surface area contributed by atoms with Crippen LogP contribution in [-0.4, -0.2) is 5.78 Å². The van der Waals surface area contributed by atoms with Gasteiger partial charge in [-0.2, -0.15) is 0 Å². The van der Waals surface area contributed by atoms with Crippen LogP contribution in [0.25, 0.3) is 0 Å². The van der Waals surface area contributed by atoms with Gasteiger partial charge < -0.3 is 0 Å². The van der Waals surface area contributed by atoms with E-state index in [1.807, 2.05) is 19.1 Å². The molecule has 0 atom stereocenters. The molecule has 86 valence electrons. The molecule has 0 unspecified atom stereocenters. The molecule has 2 aromatic rings. The summed E-state index contributed by atoms with van der Waals surface area (Å²) in [5, 5.41) is 0. The van der Waals surface area contributed by atoms with Crippen molar-refractivity contribution in [3.05, 3.63) is 71.0 Å². The first-order chi connectivity index (χ1) is 8.16. The first-order valence-electron chi connectivity index (χ1n) is 5.50. The molecule has 0 saturated carbocycles. The Morgan fingerprint density at radius 2 is 1.71 bits per heavy atom. The topological polar surface area (TPSA) is 17.1 Å². The molecule has 0 aliphatic heterocycles. The molecule has 1 nitrogen and oxygen atoms in total. The molecule has 0 aliphatic carbocycles. The van der Waals surface area contributed by atoms with E-state index in [2.05, 4.69) is 0 Å². The quantitative estimate of drug-likeness (QED) is 0.734. The molecule has 17 heavy (non-hydrogen) atoms. The summed E-state index contributed by atoms with van der Waals surface area (Å²) in [7, 11) is 0. The summed E-state index contributed by atoms with van der Waals surface area (Å²) in [6, 6.07) is 13.7. The molecule has 0 bridgehead atoms. The van der Waals surface area contributed by atoms with Gasteiger partial charge in [-0.25, -0.2) is 4.39 Å². The smallest absolute Gasteiger partial charge is 0.167 e. The van der Waals surface area contributed by atoms with Gasteiger partial charge >= 0.3 is 0 Å². The van der Waals surface area contributed by atoms with Crippen LogP contribution in [-0.2, 0) is 6.42 Å². The van der Waals surface area contributed by atoms with E-state index in [1.165, 1.54) is 6.07 Å². The van der Waals surface area contributed by atoms with E-state index >= 15 is 0 Å². The van der Waals surface area contributed by atoms with E-state index in [9.17, 15) is 9.18 Å². The SMILES string of the molecule is Cc1ccc(C(=O)Cc2ccccc2F)cc1. The predicted octanol–water partition coefficient (Wildman–Crippen LogP) is 3.56. The second-order valence-corrected chi connectivity index (χ2v) is 4.06. The molecule has 0 amide bonds. The summed E-state index contributed by atoms with van der Waals surface area (Å²) in [6.45, 7) is 1.96. The van der Waals surface area contributed by atoms with Crippen LogP contribution < -0.4 is 0 Å². The number of aryl methyl sites for hydroxylation is 1. The molecule has 2 aromatic carbocycles. The molecule has 0 spiro atoms. The van der Waals surface area contributed by atoms with Gasteiger partial charge in [0.05, 0.1) is 0 Å². The summed E-state index contributed by atoms with van der Waals surface area (Å²) in [6.07, 6.45) is 0.107. The van der Waals surface area contributed by atoms with Crippen molar-refractivity contribution in [2.45, 2.75) is 13.3 Å². The van der Waals surface area contributed by atoms with Crippen LogP contribution in [0.2, 0.25) is 0 Å². The lowest BCUT2D eigenvalue weighted by atomic mass is 10.0. The van der Waals surface area contributed by atoms with Gasteiger partial charge in [0, 0.05) is 12.0 Å². The van der Waals surface area contributed by atoms with Crippen molar-refractivity contribution in [1.82, 2.24) is 0 Å². The van der Waals surface area contributed by atoms with Gasteiger partial charge in [0.25, 0.3) is 0 Å². The molecule has 0 radical (unpaired) electrons. The highest BCUT2D eigenvalue weighted by atomic mass is 19.1. The summed E-state index contributed by atoms with van der Waals surface area (Å²) in [5.74, 6) is -0.386. The summed E-state index contributed by atoms with van der Waals surface area (Å²) < 4.78 is 13.4. The zero-order valence-corrected chi connectivity index (χ0v) is 9.61. The fourth-order valence-electron chi connectivity index (χ4n) is 1.66. The molecule has 2 heteroatoms. The third-order valence-electron chi connectivity index (χ3n) is 2.68. The third kappa shape index (κ3) is 2.78. The Labute approximate surface area is 99.9 Å². The lowest BCUT2D eigenvalue weighted by molar-refractivity contribution is 0.0992. The van der Waals surface area contributed by atoms with Crippen molar-refractivity contribution in [2.75, 3.05) is 0 Å².